The van der Waals surface area contributed by atoms with E-state index in [1.165, 1.54) is 28.2 Å². The van der Waals surface area contributed by atoms with Crippen LogP contribution in [0, 0.1) is 0 Å². The monoisotopic (exact) mass is 476 g/mol. The van der Waals surface area contributed by atoms with Crippen molar-refractivity contribution in [1.29, 1.82) is 0 Å². The summed E-state index contributed by atoms with van der Waals surface area (Å²) in [5.41, 5.74) is 1.86. The number of ether oxygens (including phenoxy) is 1. The average Bonchev–Trinajstić information content (AvgIpc) is 3.37. The van der Waals surface area contributed by atoms with Gasteiger partial charge in [0.25, 0.3) is 5.56 Å². The molecule has 1 N–H and O–H groups in total. The van der Waals surface area contributed by atoms with Gasteiger partial charge in [0.05, 0.1) is 24.7 Å². The Bertz CT molecular complexity index is 1360. The predicted octanol–water partition coefficient (Wildman–Crippen LogP) is 2.56. The molecule has 174 valence electrons. The van der Waals surface area contributed by atoms with Crippen molar-refractivity contribution in [1.82, 2.24) is 24.6 Å². The van der Waals surface area contributed by atoms with E-state index in [0.717, 1.165) is 13.1 Å². The smallest absolute Gasteiger partial charge is 0.270 e. The lowest BCUT2D eigenvalue weighted by molar-refractivity contribution is -0.128. The number of carbonyl (C=O) groups excluding carboxylic acids is 1. The molecule has 9 nitrogen and oxygen atoms in total. The highest BCUT2D eigenvalue weighted by atomic mass is 32.2. The number of fused-ring (bicyclic) bond motifs is 1. The van der Waals surface area contributed by atoms with Gasteiger partial charge >= 0.3 is 0 Å². The number of piperazine rings is 1. The van der Waals surface area contributed by atoms with E-state index in [4.69, 9.17) is 4.74 Å². The van der Waals surface area contributed by atoms with Crippen LogP contribution in [0.25, 0.3) is 16.7 Å². The molecule has 2 aromatic carbocycles. The first kappa shape index (κ1) is 22.0. The van der Waals surface area contributed by atoms with E-state index in [1.807, 2.05) is 35.2 Å². The summed E-state index contributed by atoms with van der Waals surface area (Å²) in [6, 6.07) is 17.5. The quantitative estimate of drug-likeness (QED) is 0.337. The first-order valence-corrected chi connectivity index (χ1v) is 11.9. The van der Waals surface area contributed by atoms with Gasteiger partial charge in [-0.3, -0.25) is 19.3 Å². The number of carbonyl (C=O) groups is 1. The van der Waals surface area contributed by atoms with Gasteiger partial charge in [-0.15, -0.1) is 0 Å². The maximum absolute atomic E-state index is 13.3. The molecule has 2 aromatic heterocycles. The Morgan fingerprint density at radius 2 is 1.79 bits per heavy atom. The number of rotatable bonds is 6. The van der Waals surface area contributed by atoms with E-state index in [9.17, 15) is 9.59 Å². The lowest BCUT2D eigenvalue weighted by atomic mass is 10.2. The molecule has 1 amide bonds. The lowest BCUT2D eigenvalue weighted by Gasteiger charge is -2.36. The summed E-state index contributed by atoms with van der Waals surface area (Å²) in [7, 11) is 1.55. The number of anilines is 1. The van der Waals surface area contributed by atoms with Gasteiger partial charge in [0.2, 0.25) is 5.91 Å². The van der Waals surface area contributed by atoms with E-state index < -0.39 is 0 Å². The van der Waals surface area contributed by atoms with Gasteiger partial charge in [0.1, 0.15) is 11.1 Å². The number of amides is 1. The van der Waals surface area contributed by atoms with Gasteiger partial charge in [-0.1, -0.05) is 42.1 Å². The molecule has 1 fully saturated rings. The lowest BCUT2D eigenvalue weighted by Crippen LogP contribution is -2.49. The topological polar surface area (TPSA) is 96.3 Å². The zero-order valence-corrected chi connectivity index (χ0v) is 19.5. The van der Waals surface area contributed by atoms with Crippen molar-refractivity contribution < 1.29 is 9.53 Å². The summed E-state index contributed by atoms with van der Waals surface area (Å²) in [4.78, 5) is 35.0. The molecule has 1 saturated heterocycles. The first-order valence-electron chi connectivity index (χ1n) is 11.0. The van der Waals surface area contributed by atoms with Gasteiger partial charge in [-0.05, 0) is 24.3 Å². The van der Waals surface area contributed by atoms with Crippen LogP contribution in [-0.2, 0) is 4.79 Å². The minimum Gasteiger partial charge on any atom is -0.495 e. The fourth-order valence-electron chi connectivity index (χ4n) is 4.07. The van der Waals surface area contributed by atoms with Crippen LogP contribution in [0.1, 0.15) is 0 Å². The Morgan fingerprint density at radius 3 is 2.56 bits per heavy atom. The highest BCUT2D eigenvalue weighted by molar-refractivity contribution is 7.99. The van der Waals surface area contributed by atoms with Gasteiger partial charge in [-0.2, -0.15) is 5.10 Å². The minimum absolute atomic E-state index is 0.0169. The molecule has 0 unspecified atom stereocenters. The molecule has 10 heteroatoms. The molecule has 0 saturated carbocycles. The fraction of sp³-hybridized carbons (Fsp3) is 0.250. The maximum Gasteiger partial charge on any atom is 0.270 e. The van der Waals surface area contributed by atoms with Gasteiger partial charge in [0.15, 0.2) is 10.8 Å². The van der Waals surface area contributed by atoms with Gasteiger partial charge in [-0.25, -0.2) is 4.98 Å². The van der Waals surface area contributed by atoms with Crippen LogP contribution in [0.4, 0.5) is 5.69 Å². The molecular formula is C24H24N6O3S. The van der Waals surface area contributed by atoms with Crippen molar-refractivity contribution in [2.75, 3.05) is 43.9 Å². The average molecular weight is 477 g/mol. The molecule has 3 heterocycles. The number of methoxy groups -OCH3 is 1. The van der Waals surface area contributed by atoms with Crippen molar-refractivity contribution in [2.45, 2.75) is 5.16 Å². The van der Waals surface area contributed by atoms with Crippen LogP contribution < -0.4 is 15.2 Å². The second-order valence-electron chi connectivity index (χ2n) is 7.83. The van der Waals surface area contributed by atoms with Crippen LogP contribution in [0.15, 0.2) is 70.7 Å². The molecule has 1 aliphatic rings. The molecule has 34 heavy (non-hydrogen) atoms. The SMILES string of the molecule is COc1ccccc1-n1c(SCC(=O)N2CCN(c3ccccc3)CC2)nc2[nH]ncc2c1=O. The number of aromatic nitrogens is 4. The number of hydrogen-bond donors (Lipinski definition) is 1. The van der Waals surface area contributed by atoms with Crippen molar-refractivity contribution in [3.05, 3.63) is 71.1 Å². The summed E-state index contributed by atoms with van der Waals surface area (Å²) in [6.45, 7) is 2.87. The summed E-state index contributed by atoms with van der Waals surface area (Å²) >= 11 is 1.24. The standard InChI is InChI=1S/C24H24N6O3S/c1-33-20-10-6-5-9-19(20)30-23(32)18-15-25-27-22(18)26-24(30)34-16-21(31)29-13-11-28(12-14-29)17-7-3-2-4-8-17/h2-10,15H,11-14,16H2,1H3,(H,25,27). The summed E-state index contributed by atoms with van der Waals surface area (Å²) < 4.78 is 6.96. The van der Waals surface area contributed by atoms with E-state index in [1.54, 1.807) is 19.2 Å². The molecule has 5 rings (SSSR count). The number of nitrogens with one attached hydrogen (secondary N) is 1. The van der Waals surface area contributed by atoms with E-state index in [0.29, 0.717) is 40.7 Å². The van der Waals surface area contributed by atoms with Crippen LogP contribution >= 0.6 is 11.8 Å². The highest BCUT2D eigenvalue weighted by Gasteiger charge is 2.23. The molecule has 1 aliphatic heterocycles. The number of benzene rings is 2. The first-order chi connectivity index (χ1) is 16.7. The molecule has 0 atom stereocenters. The maximum atomic E-state index is 13.3. The Balaban J connectivity index is 1.35. The van der Waals surface area contributed by atoms with E-state index in [-0.39, 0.29) is 17.2 Å². The molecule has 0 aliphatic carbocycles. The van der Waals surface area contributed by atoms with Gasteiger partial charge in [0, 0.05) is 31.9 Å². The summed E-state index contributed by atoms with van der Waals surface area (Å²) in [6.07, 6.45) is 1.46. The largest absolute Gasteiger partial charge is 0.495 e. The van der Waals surface area contributed by atoms with E-state index >= 15 is 0 Å². The predicted molar refractivity (Wildman–Crippen MR) is 132 cm³/mol. The van der Waals surface area contributed by atoms with Crippen LogP contribution in [0.5, 0.6) is 5.75 Å². The van der Waals surface area contributed by atoms with Crippen molar-refractivity contribution in [3.63, 3.8) is 0 Å². The number of thioether (sulfide) groups is 1. The molecule has 4 aromatic rings. The third-order valence-electron chi connectivity index (χ3n) is 5.86. The Kier molecular flexibility index (Phi) is 6.22. The second-order valence-corrected chi connectivity index (χ2v) is 8.77. The van der Waals surface area contributed by atoms with Crippen molar-refractivity contribution in [3.8, 4) is 11.4 Å². The van der Waals surface area contributed by atoms with Crippen molar-refractivity contribution in [2.24, 2.45) is 0 Å². The molecule has 0 radical (unpaired) electrons. The Morgan fingerprint density at radius 1 is 1.06 bits per heavy atom. The third-order valence-corrected chi connectivity index (χ3v) is 6.78. The molecular weight excluding hydrogens is 452 g/mol. The number of H-pyrrole nitrogens is 1. The number of para-hydroxylation sites is 3. The van der Waals surface area contributed by atoms with Crippen LogP contribution in [0.2, 0.25) is 0 Å². The third kappa shape index (κ3) is 4.24. The van der Waals surface area contributed by atoms with Crippen LogP contribution in [-0.4, -0.2) is 69.6 Å². The summed E-state index contributed by atoms with van der Waals surface area (Å²) in [5, 5.41) is 7.50. The fourth-order valence-corrected chi connectivity index (χ4v) is 4.97. The van der Waals surface area contributed by atoms with Crippen molar-refractivity contribution >= 4 is 34.4 Å². The minimum atomic E-state index is -0.269. The van der Waals surface area contributed by atoms with Gasteiger partial charge < -0.3 is 14.5 Å². The zero-order chi connectivity index (χ0) is 23.5. The Hall–Kier alpha value is -3.79. The number of aromatic amines is 1. The van der Waals surface area contributed by atoms with E-state index in [2.05, 4.69) is 32.2 Å². The highest BCUT2D eigenvalue weighted by Crippen LogP contribution is 2.27. The number of nitrogens with zero attached hydrogens (tertiary/aromatic N) is 5. The van der Waals surface area contributed by atoms with Crippen LogP contribution in [0.3, 0.4) is 0 Å². The normalized spacial score (nSPS) is 13.9. The number of hydrogen-bond acceptors (Lipinski definition) is 7. The summed E-state index contributed by atoms with van der Waals surface area (Å²) in [5.74, 6) is 0.731. The second kappa shape index (κ2) is 9.60. The molecule has 0 bridgehead atoms. The zero-order valence-electron chi connectivity index (χ0n) is 18.7. The molecule has 0 spiro atoms. The Labute approximate surface area is 200 Å².